The zero-order valence-electron chi connectivity index (χ0n) is 56.7. The third kappa shape index (κ3) is 21.6. The minimum Gasteiger partial charge on any atom is -0.390 e. The van der Waals surface area contributed by atoms with Crippen LogP contribution in [0.1, 0.15) is 150 Å². The Balaban J connectivity index is 4.42. The molecule has 0 radical (unpaired) electrons. The van der Waals surface area contributed by atoms with E-state index in [0.29, 0.717) is 5.57 Å². The van der Waals surface area contributed by atoms with Crippen LogP contribution in [0, 0.1) is 29.6 Å². The molecule has 24 heteroatoms. The molecule has 494 valence electrons. The summed E-state index contributed by atoms with van der Waals surface area (Å²) in [6.07, 6.45) is 3.58. The highest BCUT2D eigenvalue weighted by molar-refractivity contribution is 6.02. The van der Waals surface area contributed by atoms with Crippen molar-refractivity contribution in [3.63, 3.8) is 0 Å². The summed E-state index contributed by atoms with van der Waals surface area (Å²) in [7, 11) is 9.40. The fourth-order valence-corrected chi connectivity index (χ4v) is 10.4. The van der Waals surface area contributed by atoms with Crippen molar-refractivity contribution in [1.82, 2.24) is 55.6 Å². The Bertz CT molecular complexity index is 2520. The van der Waals surface area contributed by atoms with Gasteiger partial charge in [0.05, 0.1) is 11.7 Å². The first-order valence-corrected chi connectivity index (χ1v) is 30.4. The molecule has 1 aliphatic rings. The molecule has 12 atom stereocenters. The van der Waals surface area contributed by atoms with E-state index in [9.17, 15) is 53.4 Å². The molecule has 11 amide bonds. The monoisotopic (exact) mass is 1230 g/mol. The van der Waals surface area contributed by atoms with Crippen molar-refractivity contribution in [3.8, 4) is 0 Å². The summed E-state index contributed by atoms with van der Waals surface area (Å²) >= 11 is 0. The van der Waals surface area contributed by atoms with Crippen LogP contribution in [0.3, 0.4) is 0 Å². The van der Waals surface area contributed by atoms with Crippen LogP contribution in [0.2, 0.25) is 0 Å². The van der Waals surface area contributed by atoms with Crippen molar-refractivity contribution in [1.29, 1.82) is 0 Å². The maximum Gasteiger partial charge on any atom is 0.270 e. The molecule has 0 saturated carbocycles. The quantitative estimate of drug-likeness (QED) is 0.108. The van der Waals surface area contributed by atoms with Crippen molar-refractivity contribution >= 4 is 65.0 Å². The van der Waals surface area contributed by atoms with Gasteiger partial charge in [0, 0.05) is 55.8 Å². The largest absolute Gasteiger partial charge is 0.390 e. The van der Waals surface area contributed by atoms with Crippen LogP contribution < -0.4 is 21.3 Å². The van der Waals surface area contributed by atoms with Gasteiger partial charge in [-0.25, -0.2) is 0 Å². The van der Waals surface area contributed by atoms with E-state index in [-0.39, 0.29) is 43.9 Å². The normalized spacial score (nSPS) is 26.6. The SMILES string of the molecule is C=C1C(=O)N(C)[C@@H](CC(C)(C)O)C(=O)N[C@H](C(C)C)C(=O)N(C)[C@H](CC(C)C)C(=O)N[C@H](C)C(=O)N[C@@H](C)C(=O)N(C)[C@@H](C=C(C)C)C(=O)N(C)[C@@H](CC(C)C)C(=O)N(C)[C@@H](C(C)C)C(=O)N(C)[C@@H]([C@H](O)[C@H](C)C/C=C/C)C(=O)N[C@@H](CC)C(=O)N1C. The van der Waals surface area contributed by atoms with Gasteiger partial charge in [0.2, 0.25) is 59.1 Å². The van der Waals surface area contributed by atoms with E-state index >= 15 is 9.59 Å². The van der Waals surface area contributed by atoms with E-state index in [1.165, 1.54) is 91.7 Å². The molecule has 0 unspecified atom stereocenters. The first kappa shape index (κ1) is 78.3. The van der Waals surface area contributed by atoms with Crippen molar-refractivity contribution in [3.05, 3.63) is 36.1 Å². The number of aliphatic hydroxyl groups is 2. The van der Waals surface area contributed by atoms with E-state index in [4.69, 9.17) is 0 Å². The van der Waals surface area contributed by atoms with Crippen LogP contribution in [0.5, 0.6) is 0 Å². The van der Waals surface area contributed by atoms with Gasteiger partial charge in [0.1, 0.15) is 66.1 Å². The highest BCUT2D eigenvalue weighted by atomic mass is 16.3. The second kappa shape index (κ2) is 34.2. The molecule has 24 nitrogen and oxygen atoms in total. The number of likely N-dealkylation sites (N-methyl/N-ethyl adjacent to an activating group) is 7. The molecule has 87 heavy (non-hydrogen) atoms. The molecule has 1 saturated heterocycles. The van der Waals surface area contributed by atoms with Gasteiger partial charge in [-0.15, -0.1) is 0 Å². The summed E-state index contributed by atoms with van der Waals surface area (Å²) in [6, 6.07) is -13.5. The fraction of sp³-hybridized carbons (Fsp3) is 0.730. The number of carbonyl (C=O) groups is 11. The molecule has 0 aromatic heterocycles. The van der Waals surface area contributed by atoms with Crippen molar-refractivity contribution in [2.24, 2.45) is 29.6 Å². The van der Waals surface area contributed by atoms with Gasteiger partial charge in [-0.3, -0.25) is 52.7 Å². The summed E-state index contributed by atoms with van der Waals surface area (Å²) < 4.78 is 0. The first-order valence-electron chi connectivity index (χ1n) is 30.4. The average Bonchev–Trinajstić information content (AvgIpc) is 1.66. The molecule has 0 bridgehead atoms. The van der Waals surface area contributed by atoms with Crippen LogP contribution in [-0.4, -0.2) is 231 Å². The van der Waals surface area contributed by atoms with Gasteiger partial charge in [-0.05, 0) is 104 Å². The molecular formula is C63H109N11O13. The first-order chi connectivity index (χ1) is 39.9. The molecule has 0 spiro atoms. The smallest absolute Gasteiger partial charge is 0.270 e. The van der Waals surface area contributed by atoms with Gasteiger partial charge >= 0.3 is 0 Å². The second-order valence-corrected chi connectivity index (χ2v) is 26.1. The van der Waals surface area contributed by atoms with Crippen LogP contribution in [0.4, 0.5) is 0 Å². The van der Waals surface area contributed by atoms with Crippen molar-refractivity contribution < 1.29 is 63.0 Å². The summed E-state index contributed by atoms with van der Waals surface area (Å²) in [5.74, 6) is -10.9. The van der Waals surface area contributed by atoms with Crippen molar-refractivity contribution in [2.45, 2.75) is 222 Å². The molecular weight excluding hydrogens is 1120 g/mol. The summed E-state index contributed by atoms with van der Waals surface area (Å²) in [5.41, 5.74) is -1.41. The van der Waals surface area contributed by atoms with E-state index in [1.54, 1.807) is 80.5 Å². The minimum absolute atomic E-state index is 0.0653. The molecule has 0 aromatic carbocycles. The topological polar surface area (TPSA) is 299 Å². The molecule has 1 heterocycles. The highest BCUT2D eigenvalue weighted by Crippen LogP contribution is 2.26. The van der Waals surface area contributed by atoms with Gasteiger partial charge in [-0.2, -0.15) is 0 Å². The molecule has 6 N–H and O–H groups in total. The number of allylic oxidation sites excluding steroid dienone is 3. The third-order valence-electron chi connectivity index (χ3n) is 15.9. The summed E-state index contributed by atoms with van der Waals surface area (Å²) in [5, 5.41) is 34.0. The van der Waals surface area contributed by atoms with E-state index < -0.39 is 161 Å². The van der Waals surface area contributed by atoms with Gasteiger partial charge in [0.15, 0.2) is 0 Å². The number of carbonyl (C=O) groups excluding carboxylic acids is 11. The standard InChI is InChI=1S/C63H109N11O13/c1-26-28-29-39(13)51(75)50-55(79)66-43(27-2)58(82)68(19)42(16)57(81)72(23)47(33-63(17,18)87)54(78)67-48(37(9)10)61(85)69(20)44(30-34(3)4)53(77)64-40(14)52(76)65-41(15)56(80)70(21)45(31-35(5)6)59(83)71(22)46(32-36(7)8)60(84)73(24)49(38(11)12)62(86)74(50)25/h26,28,31,34,36-41,43-51,75,87H,16,27,29-30,32-33H2,1-15,17-25H3,(H,64,77)(H,65,76)(H,66,79)(H,67,78)/b28-26+/t39-,40-,41+,43+,44-,45+,46+,47+,48-,49+,50+,51-/m1/s1. The maximum absolute atomic E-state index is 15.2. The number of amides is 11. The zero-order chi connectivity index (χ0) is 67.8. The average molecular weight is 1230 g/mol. The van der Waals surface area contributed by atoms with Gasteiger partial charge in [-0.1, -0.05) is 99.6 Å². The predicted octanol–water partition coefficient (Wildman–Crippen LogP) is 2.82. The summed E-state index contributed by atoms with van der Waals surface area (Å²) in [6.45, 7) is 32.1. The number of hydrogen-bond acceptors (Lipinski definition) is 13. The Morgan fingerprint density at radius 3 is 1.54 bits per heavy atom. The molecule has 1 aliphatic heterocycles. The number of rotatable bonds is 14. The van der Waals surface area contributed by atoms with Crippen LogP contribution >= 0.6 is 0 Å². The zero-order valence-corrected chi connectivity index (χ0v) is 56.7. The third-order valence-corrected chi connectivity index (χ3v) is 15.9. The van der Waals surface area contributed by atoms with E-state index in [1.807, 2.05) is 27.7 Å². The van der Waals surface area contributed by atoms with Gasteiger partial charge < -0.3 is 65.8 Å². The van der Waals surface area contributed by atoms with E-state index in [2.05, 4.69) is 27.8 Å². The molecule has 0 aliphatic carbocycles. The Labute approximate surface area is 518 Å². The summed E-state index contributed by atoms with van der Waals surface area (Å²) in [4.78, 5) is 168. The lowest BCUT2D eigenvalue weighted by molar-refractivity contribution is -0.157. The fourth-order valence-electron chi connectivity index (χ4n) is 10.4. The lowest BCUT2D eigenvalue weighted by Gasteiger charge is -2.41. The Morgan fingerprint density at radius 2 is 1.07 bits per heavy atom. The van der Waals surface area contributed by atoms with E-state index in [0.717, 1.165) is 19.6 Å². The predicted molar refractivity (Wildman–Crippen MR) is 334 cm³/mol. The number of hydrogen-bond donors (Lipinski definition) is 6. The molecule has 0 aromatic rings. The number of nitrogens with one attached hydrogen (secondary N) is 4. The second-order valence-electron chi connectivity index (χ2n) is 26.1. The van der Waals surface area contributed by atoms with Gasteiger partial charge in [0.25, 0.3) is 5.91 Å². The maximum atomic E-state index is 15.2. The lowest BCUT2D eigenvalue weighted by Crippen LogP contribution is -2.63. The van der Waals surface area contributed by atoms with Crippen molar-refractivity contribution in [2.75, 3.05) is 49.3 Å². The Kier molecular flexibility index (Phi) is 30.8. The molecule has 1 fully saturated rings. The highest BCUT2D eigenvalue weighted by Gasteiger charge is 2.46. The van der Waals surface area contributed by atoms with Crippen LogP contribution in [0.15, 0.2) is 36.1 Å². The number of aliphatic hydroxyl groups excluding tert-OH is 1. The number of nitrogens with zero attached hydrogens (tertiary/aromatic N) is 7. The van der Waals surface area contributed by atoms with Crippen LogP contribution in [-0.2, 0) is 52.7 Å². The Morgan fingerprint density at radius 1 is 0.575 bits per heavy atom. The lowest BCUT2D eigenvalue weighted by atomic mass is 9.91. The van der Waals surface area contributed by atoms with Crippen LogP contribution in [0.25, 0.3) is 0 Å². The Hall–Kier alpha value is -6.69. The molecule has 1 rings (SSSR count). The minimum atomic E-state index is -1.67.